The lowest BCUT2D eigenvalue weighted by molar-refractivity contribution is -0.0214. The first-order valence-electron chi connectivity index (χ1n) is 8.10. The van der Waals surface area contributed by atoms with Crippen LogP contribution in [0.2, 0.25) is 0 Å². The number of rotatable bonds is 8. The minimum atomic E-state index is 0.0867. The highest BCUT2D eigenvalue weighted by Crippen LogP contribution is 2.26. The van der Waals surface area contributed by atoms with Crippen LogP contribution in [-0.2, 0) is 4.74 Å². The number of hydrogen-bond donors (Lipinski definition) is 1. The third-order valence-corrected chi connectivity index (χ3v) is 4.86. The van der Waals surface area contributed by atoms with Gasteiger partial charge in [-0.3, -0.25) is 4.90 Å². The van der Waals surface area contributed by atoms with Crippen molar-refractivity contribution in [2.45, 2.75) is 71.4 Å². The first-order valence-corrected chi connectivity index (χ1v) is 8.10. The van der Waals surface area contributed by atoms with E-state index in [4.69, 9.17) is 10.5 Å². The predicted molar refractivity (Wildman–Crippen MR) is 82.4 cm³/mol. The summed E-state index contributed by atoms with van der Waals surface area (Å²) < 4.78 is 5.45. The van der Waals surface area contributed by atoms with E-state index < -0.39 is 0 Å². The van der Waals surface area contributed by atoms with Gasteiger partial charge in [-0.05, 0) is 26.2 Å². The predicted octanol–water partition coefficient (Wildman–Crippen LogP) is 3.03. The Kier molecular flexibility index (Phi) is 7.33. The summed E-state index contributed by atoms with van der Waals surface area (Å²) in [6.45, 7) is 12.9. The number of nitrogens with two attached hydrogens (primary N) is 1. The molecular weight excluding hydrogens is 236 g/mol. The maximum absolute atomic E-state index is 6.55. The van der Waals surface area contributed by atoms with Crippen molar-refractivity contribution >= 4 is 0 Å². The molecule has 0 bridgehead atoms. The summed E-state index contributed by atoms with van der Waals surface area (Å²) >= 11 is 0. The normalized spacial score (nSPS) is 21.3. The molecule has 2 unspecified atom stereocenters. The van der Waals surface area contributed by atoms with Gasteiger partial charge in [0.2, 0.25) is 0 Å². The van der Waals surface area contributed by atoms with Crippen LogP contribution in [0.5, 0.6) is 0 Å². The average molecular weight is 270 g/mol. The van der Waals surface area contributed by atoms with Gasteiger partial charge in [0.05, 0.1) is 13.2 Å². The van der Waals surface area contributed by atoms with Gasteiger partial charge in [0.15, 0.2) is 0 Å². The van der Waals surface area contributed by atoms with E-state index in [0.717, 1.165) is 38.6 Å². The summed E-state index contributed by atoms with van der Waals surface area (Å²) in [6.07, 6.45) is 6.37. The summed E-state index contributed by atoms with van der Waals surface area (Å²) in [7, 11) is 0. The van der Waals surface area contributed by atoms with Crippen LogP contribution in [0.4, 0.5) is 0 Å². The van der Waals surface area contributed by atoms with Crippen LogP contribution in [0.15, 0.2) is 0 Å². The minimum absolute atomic E-state index is 0.0867. The van der Waals surface area contributed by atoms with Crippen LogP contribution in [0, 0.1) is 5.92 Å². The van der Waals surface area contributed by atoms with Gasteiger partial charge in [-0.25, -0.2) is 0 Å². The lowest BCUT2D eigenvalue weighted by atomic mass is 9.83. The van der Waals surface area contributed by atoms with Gasteiger partial charge < -0.3 is 10.5 Å². The highest BCUT2D eigenvalue weighted by atomic mass is 16.5. The second-order valence-electron chi connectivity index (χ2n) is 6.51. The Balaban J connectivity index is 2.50. The van der Waals surface area contributed by atoms with E-state index in [1.807, 2.05) is 0 Å². The van der Waals surface area contributed by atoms with E-state index in [0.29, 0.717) is 0 Å². The zero-order valence-electron chi connectivity index (χ0n) is 13.5. The fourth-order valence-corrected chi connectivity index (χ4v) is 3.00. The number of morpholine rings is 1. The zero-order chi connectivity index (χ0) is 14.3. The molecule has 0 saturated carbocycles. The standard InChI is InChI=1S/C16H34N2O/c1-5-7-8-14(6-2)13-15(17)16(3,4)18-9-11-19-12-10-18/h14-15H,5-13,17H2,1-4H3. The Hall–Kier alpha value is -0.120. The van der Waals surface area contributed by atoms with Crippen LogP contribution in [0.1, 0.15) is 59.8 Å². The molecule has 1 aliphatic rings. The van der Waals surface area contributed by atoms with E-state index in [1.165, 1.54) is 25.7 Å². The lowest BCUT2D eigenvalue weighted by Gasteiger charge is -2.45. The minimum Gasteiger partial charge on any atom is -0.379 e. The second kappa shape index (κ2) is 8.23. The first kappa shape index (κ1) is 16.9. The Morgan fingerprint density at radius 2 is 1.84 bits per heavy atom. The van der Waals surface area contributed by atoms with Crippen LogP contribution < -0.4 is 5.73 Å². The molecule has 0 aromatic carbocycles. The van der Waals surface area contributed by atoms with Crippen molar-refractivity contribution in [3.63, 3.8) is 0 Å². The van der Waals surface area contributed by atoms with Gasteiger partial charge in [0.25, 0.3) is 0 Å². The van der Waals surface area contributed by atoms with Gasteiger partial charge in [-0.2, -0.15) is 0 Å². The molecule has 3 heteroatoms. The highest BCUT2D eigenvalue weighted by Gasteiger charge is 2.34. The third-order valence-electron chi connectivity index (χ3n) is 4.86. The van der Waals surface area contributed by atoms with Crippen molar-refractivity contribution in [1.29, 1.82) is 0 Å². The second-order valence-corrected chi connectivity index (χ2v) is 6.51. The highest BCUT2D eigenvalue weighted by molar-refractivity contribution is 4.93. The van der Waals surface area contributed by atoms with Gasteiger partial charge in [-0.15, -0.1) is 0 Å². The van der Waals surface area contributed by atoms with Crippen LogP contribution in [0.25, 0.3) is 0 Å². The molecule has 3 nitrogen and oxygen atoms in total. The molecule has 2 atom stereocenters. The Labute approximate surface area is 119 Å². The van der Waals surface area contributed by atoms with E-state index in [9.17, 15) is 0 Å². The van der Waals surface area contributed by atoms with Crippen molar-refractivity contribution in [2.75, 3.05) is 26.3 Å². The molecular formula is C16H34N2O. The van der Waals surface area contributed by atoms with Gasteiger partial charge in [0.1, 0.15) is 0 Å². The monoisotopic (exact) mass is 270 g/mol. The summed E-state index contributed by atoms with van der Waals surface area (Å²) in [5.41, 5.74) is 6.63. The van der Waals surface area contributed by atoms with Crippen molar-refractivity contribution in [1.82, 2.24) is 4.90 Å². The Morgan fingerprint density at radius 3 is 2.37 bits per heavy atom. The molecule has 0 amide bonds. The molecule has 1 aliphatic heterocycles. The summed E-state index contributed by atoms with van der Waals surface area (Å²) in [5, 5.41) is 0. The van der Waals surface area contributed by atoms with Crippen LogP contribution in [-0.4, -0.2) is 42.8 Å². The van der Waals surface area contributed by atoms with E-state index in [1.54, 1.807) is 0 Å². The fraction of sp³-hybridized carbons (Fsp3) is 1.00. The molecule has 1 rings (SSSR count). The molecule has 0 spiro atoms. The molecule has 114 valence electrons. The third kappa shape index (κ3) is 5.05. The lowest BCUT2D eigenvalue weighted by Crippen LogP contribution is -2.59. The summed E-state index contributed by atoms with van der Waals surface area (Å²) in [6, 6.07) is 0.257. The number of hydrogen-bond acceptors (Lipinski definition) is 3. The molecule has 0 radical (unpaired) electrons. The molecule has 1 heterocycles. The Bertz CT molecular complexity index is 237. The number of unbranched alkanes of at least 4 members (excludes halogenated alkanes) is 1. The maximum Gasteiger partial charge on any atom is 0.0594 e. The molecule has 0 aliphatic carbocycles. The first-order chi connectivity index (χ1) is 9.02. The molecule has 0 aromatic heterocycles. The molecule has 1 saturated heterocycles. The quantitative estimate of drug-likeness (QED) is 0.737. The van der Waals surface area contributed by atoms with Gasteiger partial charge >= 0.3 is 0 Å². The largest absolute Gasteiger partial charge is 0.379 e. The molecule has 2 N–H and O–H groups in total. The van der Waals surface area contributed by atoms with Crippen molar-refractivity contribution in [3.05, 3.63) is 0 Å². The number of nitrogens with zero attached hydrogens (tertiary/aromatic N) is 1. The Morgan fingerprint density at radius 1 is 1.21 bits per heavy atom. The van der Waals surface area contributed by atoms with E-state index in [-0.39, 0.29) is 11.6 Å². The van der Waals surface area contributed by atoms with Crippen molar-refractivity contribution in [2.24, 2.45) is 11.7 Å². The smallest absolute Gasteiger partial charge is 0.0594 e. The van der Waals surface area contributed by atoms with Crippen molar-refractivity contribution < 1.29 is 4.74 Å². The maximum atomic E-state index is 6.55. The average Bonchev–Trinajstić information content (AvgIpc) is 2.44. The SMILES string of the molecule is CCCCC(CC)CC(N)C(C)(C)N1CCOCC1. The molecule has 0 aromatic rings. The van der Waals surface area contributed by atoms with Gasteiger partial charge in [0, 0.05) is 24.7 Å². The van der Waals surface area contributed by atoms with Crippen LogP contribution >= 0.6 is 0 Å². The van der Waals surface area contributed by atoms with Gasteiger partial charge in [-0.1, -0.05) is 39.5 Å². The summed E-state index contributed by atoms with van der Waals surface area (Å²) in [4.78, 5) is 2.51. The molecule has 19 heavy (non-hydrogen) atoms. The fourth-order valence-electron chi connectivity index (χ4n) is 3.00. The summed E-state index contributed by atoms with van der Waals surface area (Å²) in [5.74, 6) is 0.787. The number of ether oxygens (including phenoxy) is 1. The topological polar surface area (TPSA) is 38.5 Å². The zero-order valence-corrected chi connectivity index (χ0v) is 13.5. The van der Waals surface area contributed by atoms with Crippen molar-refractivity contribution in [3.8, 4) is 0 Å². The van der Waals surface area contributed by atoms with Crippen LogP contribution in [0.3, 0.4) is 0 Å². The van der Waals surface area contributed by atoms with E-state index >= 15 is 0 Å². The molecule has 1 fully saturated rings. The van der Waals surface area contributed by atoms with E-state index in [2.05, 4.69) is 32.6 Å².